The van der Waals surface area contributed by atoms with Crippen LogP contribution in [0, 0.1) is 17.8 Å². The van der Waals surface area contributed by atoms with E-state index in [0.717, 1.165) is 31.2 Å². The topological polar surface area (TPSA) is 65.1 Å². The molecule has 2 amide bonds. The Bertz CT molecular complexity index is 1150. The number of cyclic esters (lactones) is 1. The minimum absolute atomic E-state index is 0.125. The smallest absolute Gasteiger partial charge is 0.416 e. The van der Waals surface area contributed by atoms with Gasteiger partial charge in [0.15, 0.2) is 8.32 Å². The molecule has 2 aromatic carbocycles. The van der Waals surface area contributed by atoms with Crippen LogP contribution in [0.3, 0.4) is 0 Å². The number of hydrogen-bond acceptors (Lipinski definition) is 5. The summed E-state index contributed by atoms with van der Waals surface area (Å²) in [7, 11) is -1.95. The van der Waals surface area contributed by atoms with Crippen molar-refractivity contribution in [2.75, 3.05) is 13.2 Å². The summed E-state index contributed by atoms with van der Waals surface area (Å²) < 4.78 is 18.3. The number of hydrogen-bond donors (Lipinski definition) is 0. The molecule has 0 bridgehead atoms. The van der Waals surface area contributed by atoms with Crippen molar-refractivity contribution in [1.82, 2.24) is 4.90 Å². The van der Waals surface area contributed by atoms with Crippen LogP contribution in [0.2, 0.25) is 18.1 Å². The highest BCUT2D eigenvalue weighted by Crippen LogP contribution is 2.39. The van der Waals surface area contributed by atoms with Crippen LogP contribution in [0.5, 0.6) is 0 Å². The van der Waals surface area contributed by atoms with E-state index in [1.54, 1.807) is 0 Å². The minimum Gasteiger partial charge on any atom is -0.447 e. The predicted molar refractivity (Wildman–Crippen MR) is 181 cm³/mol. The van der Waals surface area contributed by atoms with Crippen LogP contribution in [0.1, 0.15) is 84.8 Å². The van der Waals surface area contributed by atoms with Crippen LogP contribution in [0.4, 0.5) is 4.79 Å². The monoisotopic (exact) mass is 623 g/mol. The normalized spacial score (nSPS) is 18.5. The molecular formula is C37H57NO5Si. The number of carbonyl (C=O) groups is 2. The van der Waals surface area contributed by atoms with Gasteiger partial charge in [-0.2, -0.15) is 0 Å². The Morgan fingerprint density at radius 1 is 0.932 bits per heavy atom. The molecule has 0 unspecified atom stereocenters. The first-order chi connectivity index (χ1) is 20.8. The van der Waals surface area contributed by atoms with Crippen molar-refractivity contribution < 1.29 is 23.5 Å². The number of ether oxygens (including phenoxy) is 2. The van der Waals surface area contributed by atoms with E-state index in [2.05, 4.69) is 66.8 Å². The van der Waals surface area contributed by atoms with Gasteiger partial charge < -0.3 is 13.9 Å². The maximum Gasteiger partial charge on any atom is 0.416 e. The van der Waals surface area contributed by atoms with Crippen molar-refractivity contribution in [1.29, 1.82) is 0 Å². The summed E-state index contributed by atoms with van der Waals surface area (Å²) in [5.41, 5.74) is 2.29. The van der Waals surface area contributed by atoms with Gasteiger partial charge in [-0.05, 0) is 79.1 Å². The molecule has 1 aliphatic heterocycles. The Balaban J connectivity index is 1.50. The number of rotatable bonds is 17. The molecule has 3 rings (SSSR count). The highest BCUT2D eigenvalue weighted by atomic mass is 28.4. The summed E-state index contributed by atoms with van der Waals surface area (Å²) >= 11 is 0. The van der Waals surface area contributed by atoms with Crippen LogP contribution in [0.25, 0.3) is 0 Å². The molecule has 1 saturated heterocycles. The molecule has 1 fully saturated rings. The number of imide groups is 1. The van der Waals surface area contributed by atoms with Crippen molar-refractivity contribution in [3.05, 3.63) is 71.8 Å². The molecule has 0 N–H and O–H groups in total. The zero-order valence-electron chi connectivity index (χ0n) is 28.5. The van der Waals surface area contributed by atoms with E-state index in [1.165, 1.54) is 10.5 Å². The van der Waals surface area contributed by atoms with E-state index >= 15 is 0 Å². The number of carbonyl (C=O) groups excluding carboxylic acids is 2. The van der Waals surface area contributed by atoms with Crippen molar-refractivity contribution in [3.8, 4) is 0 Å². The summed E-state index contributed by atoms with van der Waals surface area (Å²) in [4.78, 5) is 26.9. The van der Waals surface area contributed by atoms with Gasteiger partial charge in [-0.25, -0.2) is 9.69 Å². The quantitative estimate of drug-likeness (QED) is 0.130. The first-order valence-electron chi connectivity index (χ1n) is 16.6. The molecule has 0 spiro atoms. The van der Waals surface area contributed by atoms with Crippen molar-refractivity contribution in [2.24, 2.45) is 17.8 Å². The third-order valence-corrected chi connectivity index (χ3v) is 14.0. The van der Waals surface area contributed by atoms with Crippen LogP contribution < -0.4 is 0 Å². The lowest BCUT2D eigenvalue weighted by molar-refractivity contribution is -0.129. The molecule has 44 heavy (non-hydrogen) atoms. The van der Waals surface area contributed by atoms with Gasteiger partial charge in [-0.1, -0.05) is 102 Å². The highest BCUT2D eigenvalue weighted by molar-refractivity contribution is 6.74. The molecule has 244 valence electrons. The summed E-state index contributed by atoms with van der Waals surface area (Å²) in [6.07, 6.45) is 4.36. The molecule has 0 saturated carbocycles. The molecule has 5 atom stereocenters. The first kappa shape index (κ1) is 36.0. The lowest BCUT2D eigenvalue weighted by atomic mass is 9.85. The van der Waals surface area contributed by atoms with Gasteiger partial charge in [0.2, 0.25) is 5.91 Å². The van der Waals surface area contributed by atoms with Gasteiger partial charge >= 0.3 is 6.09 Å². The van der Waals surface area contributed by atoms with Gasteiger partial charge in [0.1, 0.15) is 6.61 Å². The molecule has 2 aromatic rings. The Kier molecular flexibility index (Phi) is 13.7. The fourth-order valence-electron chi connectivity index (χ4n) is 5.96. The molecule has 0 aromatic heterocycles. The first-order valence-corrected chi connectivity index (χ1v) is 19.5. The summed E-state index contributed by atoms with van der Waals surface area (Å²) in [5.74, 6) is 1.14. The fourth-order valence-corrected chi connectivity index (χ4v) is 7.42. The van der Waals surface area contributed by atoms with E-state index in [9.17, 15) is 9.59 Å². The average molecular weight is 624 g/mol. The Hall–Kier alpha value is -2.48. The number of nitrogens with zero attached hydrogens (tertiary/aromatic N) is 1. The SMILES string of the molecule is C[C@@H](CCC(=O)N1C(=O)OC[C@@H]1Cc1ccccc1)C[C@H](C)C[C@H](C)[C@H](CCOCc1ccccc1)O[Si](C)(C)C(C)(C)C. The molecule has 0 radical (unpaired) electrons. The van der Waals surface area contributed by atoms with E-state index in [1.807, 2.05) is 48.5 Å². The van der Waals surface area contributed by atoms with E-state index in [0.29, 0.717) is 43.8 Å². The van der Waals surface area contributed by atoms with Gasteiger partial charge in [-0.15, -0.1) is 0 Å². The third kappa shape index (κ3) is 11.1. The Morgan fingerprint density at radius 2 is 1.55 bits per heavy atom. The molecule has 0 aliphatic carbocycles. The number of amides is 2. The molecule has 6 nitrogen and oxygen atoms in total. The highest BCUT2D eigenvalue weighted by Gasteiger charge is 2.40. The van der Waals surface area contributed by atoms with Crippen molar-refractivity contribution in [3.63, 3.8) is 0 Å². The van der Waals surface area contributed by atoms with Crippen LogP contribution in [0.15, 0.2) is 60.7 Å². The van der Waals surface area contributed by atoms with Gasteiger partial charge in [-0.3, -0.25) is 4.79 Å². The summed E-state index contributed by atoms with van der Waals surface area (Å²) in [6, 6.07) is 20.1. The van der Waals surface area contributed by atoms with E-state index in [-0.39, 0.29) is 29.7 Å². The van der Waals surface area contributed by atoms with Crippen LogP contribution in [-0.2, 0) is 31.7 Å². The third-order valence-electron chi connectivity index (χ3n) is 9.52. The predicted octanol–water partition coefficient (Wildman–Crippen LogP) is 9.04. The molecule has 7 heteroatoms. The molecule has 1 heterocycles. The lowest BCUT2D eigenvalue weighted by Crippen LogP contribution is -2.46. The zero-order valence-corrected chi connectivity index (χ0v) is 29.5. The largest absolute Gasteiger partial charge is 0.447 e. The van der Waals surface area contributed by atoms with Crippen LogP contribution >= 0.6 is 0 Å². The van der Waals surface area contributed by atoms with Crippen LogP contribution in [-0.4, -0.2) is 50.6 Å². The van der Waals surface area contributed by atoms with Gasteiger partial charge in [0.05, 0.1) is 12.6 Å². The second-order valence-corrected chi connectivity index (χ2v) is 19.4. The Morgan fingerprint density at radius 3 is 2.16 bits per heavy atom. The standard InChI is InChI=1S/C37H57NO5Si/c1-28(19-20-35(39)38-33(27-42-36(38)40)25-31-15-11-9-12-16-31)23-29(2)24-30(3)34(43-44(7,8)37(4,5)6)21-22-41-26-32-17-13-10-14-18-32/h9-18,28-30,33-34H,19-27H2,1-8H3/t28-,29-,30-,33-,34-/m0/s1. The van der Waals surface area contributed by atoms with Gasteiger partial charge in [0, 0.05) is 19.1 Å². The van der Waals surface area contributed by atoms with Crippen molar-refractivity contribution >= 4 is 20.3 Å². The second kappa shape index (κ2) is 16.7. The second-order valence-electron chi connectivity index (χ2n) is 14.6. The van der Waals surface area contributed by atoms with Gasteiger partial charge in [0.25, 0.3) is 0 Å². The minimum atomic E-state index is -1.95. The maximum atomic E-state index is 13.1. The summed E-state index contributed by atoms with van der Waals surface area (Å²) in [5, 5.41) is 0.143. The fraction of sp³-hybridized carbons (Fsp3) is 0.622. The van der Waals surface area contributed by atoms with E-state index in [4.69, 9.17) is 13.9 Å². The van der Waals surface area contributed by atoms with E-state index < -0.39 is 14.4 Å². The number of benzene rings is 2. The maximum absolute atomic E-state index is 13.1. The summed E-state index contributed by atoms with van der Waals surface area (Å²) in [6.45, 7) is 20.0. The molecular weight excluding hydrogens is 566 g/mol. The van der Waals surface area contributed by atoms with Crippen molar-refractivity contribution in [2.45, 2.75) is 117 Å². The zero-order chi connectivity index (χ0) is 32.3. The average Bonchev–Trinajstić information content (AvgIpc) is 3.33. The molecule has 1 aliphatic rings. The lowest BCUT2D eigenvalue weighted by Gasteiger charge is -2.41. The Labute approximate surface area is 268 Å².